The number of amides is 1. The van der Waals surface area contributed by atoms with Gasteiger partial charge in [0.1, 0.15) is 11.5 Å². The monoisotopic (exact) mass is 259 g/mol. The lowest BCUT2D eigenvalue weighted by Crippen LogP contribution is -2.15. The average Bonchev–Trinajstić information content (AvgIpc) is 2.38. The van der Waals surface area contributed by atoms with Gasteiger partial charge in [-0.2, -0.15) is 0 Å². The molecule has 2 aromatic heterocycles. The summed E-state index contributed by atoms with van der Waals surface area (Å²) in [5.74, 6) is 0.302. The summed E-state index contributed by atoms with van der Waals surface area (Å²) in [6, 6.07) is 9.17. The van der Waals surface area contributed by atoms with Crippen LogP contribution in [0.3, 0.4) is 0 Å². The van der Waals surface area contributed by atoms with Gasteiger partial charge in [0, 0.05) is 16.8 Å². The highest BCUT2D eigenvalue weighted by Crippen LogP contribution is 2.18. The Balaban J connectivity index is 2.22. The molecule has 0 saturated carbocycles. The Bertz CT molecular complexity index is 572. The minimum Gasteiger partial charge on any atom is -0.305 e. The third kappa shape index (κ3) is 2.87. The van der Waals surface area contributed by atoms with Crippen LogP contribution < -0.4 is 5.32 Å². The maximum atomic E-state index is 12.1. The Morgan fingerprint density at radius 1 is 1.28 bits per heavy atom. The van der Waals surface area contributed by atoms with Crippen molar-refractivity contribution < 1.29 is 4.79 Å². The van der Waals surface area contributed by atoms with E-state index in [0.29, 0.717) is 11.5 Å². The first-order valence-electron chi connectivity index (χ1n) is 5.44. The molecule has 0 unspecified atom stereocenters. The SMILES string of the molecule is CSc1cccnc1C(=O)Nc1cccc(C)n1. The minimum absolute atomic E-state index is 0.238. The van der Waals surface area contributed by atoms with Gasteiger partial charge >= 0.3 is 0 Å². The number of aromatic nitrogens is 2. The van der Waals surface area contributed by atoms with Crippen molar-refractivity contribution in [2.24, 2.45) is 0 Å². The first-order valence-corrected chi connectivity index (χ1v) is 6.67. The number of nitrogens with one attached hydrogen (secondary N) is 1. The van der Waals surface area contributed by atoms with E-state index in [2.05, 4.69) is 15.3 Å². The fourth-order valence-corrected chi connectivity index (χ4v) is 2.07. The quantitative estimate of drug-likeness (QED) is 0.861. The number of aryl methyl sites for hydroxylation is 1. The number of hydrogen-bond donors (Lipinski definition) is 1. The van der Waals surface area contributed by atoms with Gasteiger partial charge in [0.15, 0.2) is 0 Å². The number of nitrogens with zero attached hydrogens (tertiary/aromatic N) is 2. The lowest BCUT2D eigenvalue weighted by molar-refractivity contribution is 0.101. The van der Waals surface area contributed by atoms with E-state index >= 15 is 0 Å². The van der Waals surface area contributed by atoms with Crippen LogP contribution in [0.5, 0.6) is 0 Å². The van der Waals surface area contributed by atoms with Gasteiger partial charge in [0.25, 0.3) is 5.91 Å². The van der Waals surface area contributed by atoms with E-state index in [1.165, 1.54) is 11.8 Å². The summed E-state index contributed by atoms with van der Waals surface area (Å²) in [5, 5.41) is 2.75. The Morgan fingerprint density at radius 3 is 2.83 bits per heavy atom. The number of carbonyl (C=O) groups is 1. The first-order chi connectivity index (χ1) is 8.70. The maximum absolute atomic E-state index is 12.1. The smallest absolute Gasteiger partial charge is 0.276 e. The van der Waals surface area contributed by atoms with Gasteiger partial charge in [-0.3, -0.25) is 4.79 Å². The summed E-state index contributed by atoms with van der Waals surface area (Å²) >= 11 is 1.49. The summed E-state index contributed by atoms with van der Waals surface area (Å²) in [6.07, 6.45) is 3.52. The van der Waals surface area contributed by atoms with Gasteiger partial charge in [-0.05, 0) is 37.4 Å². The molecule has 0 aliphatic carbocycles. The van der Waals surface area contributed by atoms with Crippen LogP contribution in [0.15, 0.2) is 41.4 Å². The lowest BCUT2D eigenvalue weighted by Gasteiger charge is -2.07. The highest BCUT2D eigenvalue weighted by molar-refractivity contribution is 7.98. The van der Waals surface area contributed by atoms with E-state index in [4.69, 9.17) is 0 Å². The van der Waals surface area contributed by atoms with Gasteiger partial charge in [-0.1, -0.05) is 6.07 Å². The molecule has 0 bridgehead atoms. The Hall–Kier alpha value is -1.88. The molecule has 18 heavy (non-hydrogen) atoms. The molecule has 0 saturated heterocycles. The fourth-order valence-electron chi connectivity index (χ4n) is 1.51. The van der Waals surface area contributed by atoms with Crippen LogP contribution in [0.2, 0.25) is 0 Å². The van der Waals surface area contributed by atoms with Gasteiger partial charge in [0.2, 0.25) is 0 Å². The van der Waals surface area contributed by atoms with E-state index in [1.807, 2.05) is 37.4 Å². The van der Waals surface area contributed by atoms with Crippen LogP contribution in [0, 0.1) is 6.92 Å². The molecule has 0 atom stereocenters. The molecule has 0 aromatic carbocycles. The molecular weight excluding hydrogens is 246 g/mol. The minimum atomic E-state index is -0.238. The van der Waals surface area contributed by atoms with E-state index in [-0.39, 0.29) is 5.91 Å². The van der Waals surface area contributed by atoms with Gasteiger partial charge in [-0.15, -0.1) is 11.8 Å². The molecule has 0 spiro atoms. The molecular formula is C13H13N3OS. The second-order valence-corrected chi connectivity index (χ2v) is 4.52. The molecule has 0 fully saturated rings. The van der Waals surface area contributed by atoms with Crippen molar-refractivity contribution in [2.45, 2.75) is 11.8 Å². The molecule has 2 heterocycles. The standard InChI is InChI=1S/C13H13N3OS/c1-9-5-3-7-11(15-9)16-13(17)12-10(18-2)6-4-8-14-12/h3-8H,1-2H3,(H,15,16,17). The molecule has 0 aliphatic heterocycles. The predicted molar refractivity (Wildman–Crippen MR) is 72.9 cm³/mol. The van der Waals surface area contributed by atoms with Crippen molar-refractivity contribution in [1.29, 1.82) is 0 Å². The van der Waals surface area contributed by atoms with Gasteiger partial charge in [-0.25, -0.2) is 9.97 Å². The van der Waals surface area contributed by atoms with Crippen molar-refractivity contribution in [3.63, 3.8) is 0 Å². The summed E-state index contributed by atoms with van der Waals surface area (Å²) in [7, 11) is 0. The van der Waals surface area contributed by atoms with Crippen LogP contribution in [0.4, 0.5) is 5.82 Å². The fraction of sp³-hybridized carbons (Fsp3) is 0.154. The van der Waals surface area contributed by atoms with Crippen LogP contribution >= 0.6 is 11.8 Å². The number of hydrogen-bond acceptors (Lipinski definition) is 4. The van der Waals surface area contributed by atoms with Crippen molar-refractivity contribution in [2.75, 3.05) is 11.6 Å². The molecule has 2 rings (SSSR count). The average molecular weight is 259 g/mol. The summed E-state index contributed by atoms with van der Waals surface area (Å²) < 4.78 is 0. The van der Waals surface area contributed by atoms with Crippen molar-refractivity contribution in [3.8, 4) is 0 Å². The lowest BCUT2D eigenvalue weighted by atomic mass is 10.3. The number of anilines is 1. The second-order valence-electron chi connectivity index (χ2n) is 3.67. The van der Waals surface area contributed by atoms with E-state index in [0.717, 1.165) is 10.6 Å². The van der Waals surface area contributed by atoms with Crippen LogP contribution in [-0.4, -0.2) is 22.1 Å². The zero-order valence-electron chi connectivity index (χ0n) is 10.2. The van der Waals surface area contributed by atoms with Crippen LogP contribution in [0.1, 0.15) is 16.2 Å². The maximum Gasteiger partial charge on any atom is 0.276 e. The molecule has 5 heteroatoms. The molecule has 0 radical (unpaired) electrons. The van der Waals surface area contributed by atoms with Crippen molar-refractivity contribution >= 4 is 23.5 Å². The summed E-state index contributed by atoms with van der Waals surface area (Å²) in [4.78, 5) is 21.3. The van der Waals surface area contributed by atoms with Crippen molar-refractivity contribution in [1.82, 2.24) is 9.97 Å². The van der Waals surface area contributed by atoms with Crippen LogP contribution in [0.25, 0.3) is 0 Å². The Kier molecular flexibility index (Phi) is 3.94. The second kappa shape index (κ2) is 5.64. The van der Waals surface area contributed by atoms with Crippen molar-refractivity contribution in [3.05, 3.63) is 47.9 Å². The van der Waals surface area contributed by atoms with Gasteiger partial charge < -0.3 is 5.32 Å². The first kappa shape index (κ1) is 12.6. The largest absolute Gasteiger partial charge is 0.305 e. The third-order valence-corrected chi connectivity index (χ3v) is 3.10. The Labute approximate surface area is 110 Å². The predicted octanol–water partition coefficient (Wildman–Crippen LogP) is 2.76. The highest BCUT2D eigenvalue weighted by Gasteiger charge is 2.12. The molecule has 1 N–H and O–H groups in total. The molecule has 4 nitrogen and oxygen atoms in total. The van der Waals surface area contributed by atoms with E-state index in [9.17, 15) is 4.79 Å². The molecule has 2 aromatic rings. The molecule has 92 valence electrons. The number of rotatable bonds is 3. The normalized spacial score (nSPS) is 10.1. The number of thioether (sulfide) groups is 1. The van der Waals surface area contributed by atoms with Crippen LogP contribution in [-0.2, 0) is 0 Å². The van der Waals surface area contributed by atoms with E-state index in [1.54, 1.807) is 12.3 Å². The number of pyridine rings is 2. The molecule has 1 amide bonds. The molecule has 0 aliphatic rings. The topological polar surface area (TPSA) is 54.9 Å². The van der Waals surface area contributed by atoms with E-state index < -0.39 is 0 Å². The number of carbonyl (C=O) groups excluding carboxylic acids is 1. The zero-order valence-corrected chi connectivity index (χ0v) is 11.0. The zero-order chi connectivity index (χ0) is 13.0. The third-order valence-electron chi connectivity index (χ3n) is 2.34. The summed E-state index contributed by atoms with van der Waals surface area (Å²) in [5.41, 5.74) is 1.28. The van der Waals surface area contributed by atoms with Gasteiger partial charge in [0.05, 0.1) is 0 Å². The highest BCUT2D eigenvalue weighted by atomic mass is 32.2. The Morgan fingerprint density at radius 2 is 2.11 bits per heavy atom. The summed E-state index contributed by atoms with van der Waals surface area (Å²) in [6.45, 7) is 1.88.